The second-order valence-corrected chi connectivity index (χ2v) is 3.94. The van der Waals surface area contributed by atoms with Crippen molar-refractivity contribution in [2.24, 2.45) is 0 Å². The van der Waals surface area contributed by atoms with Gasteiger partial charge in [0.15, 0.2) is 0 Å². The maximum absolute atomic E-state index is 11.9. The van der Waals surface area contributed by atoms with Crippen LogP contribution in [-0.2, 0) is 4.79 Å². The summed E-state index contributed by atoms with van der Waals surface area (Å²) in [4.78, 5) is 22.8. The SMILES string of the molecule is C#CCC(NC(=O)c1ccc2[nH]ncc2c1)C(=O)O. The highest BCUT2D eigenvalue weighted by Crippen LogP contribution is 2.13. The van der Waals surface area contributed by atoms with E-state index in [1.54, 1.807) is 24.4 Å². The van der Waals surface area contributed by atoms with Gasteiger partial charge in [0.1, 0.15) is 6.04 Å². The van der Waals surface area contributed by atoms with Crippen molar-refractivity contribution >= 4 is 22.8 Å². The molecule has 3 N–H and O–H groups in total. The number of aliphatic carboxylic acids is 1. The quantitative estimate of drug-likeness (QED) is 0.705. The van der Waals surface area contributed by atoms with Crippen LogP contribution in [0.3, 0.4) is 0 Å². The Balaban J connectivity index is 2.18. The van der Waals surface area contributed by atoms with Gasteiger partial charge in [-0.25, -0.2) is 4.79 Å². The molecule has 1 aromatic heterocycles. The highest BCUT2D eigenvalue weighted by Gasteiger charge is 2.19. The number of H-pyrrole nitrogens is 1. The molecule has 0 saturated heterocycles. The predicted octanol–water partition coefficient (Wildman–Crippen LogP) is 0.769. The first-order valence-electron chi connectivity index (χ1n) is 5.52. The molecule has 2 aromatic rings. The number of nitrogens with zero attached hydrogens (tertiary/aromatic N) is 1. The van der Waals surface area contributed by atoms with E-state index < -0.39 is 17.9 Å². The summed E-state index contributed by atoms with van der Waals surface area (Å²) in [5.41, 5.74) is 1.16. The van der Waals surface area contributed by atoms with E-state index in [4.69, 9.17) is 11.5 Å². The Bertz CT molecular complexity index is 669. The minimum Gasteiger partial charge on any atom is -0.480 e. The first kappa shape index (κ1) is 12.6. The van der Waals surface area contributed by atoms with Crippen LogP contribution in [0.25, 0.3) is 10.9 Å². The molecular weight excluding hydrogens is 246 g/mol. The van der Waals surface area contributed by atoms with E-state index in [2.05, 4.69) is 21.4 Å². The van der Waals surface area contributed by atoms with Gasteiger partial charge in [0.25, 0.3) is 5.91 Å². The molecule has 6 nitrogen and oxygen atoms in total. The average molecular weight is 257 g/mol. The van der Waals surface area contributed by atoms with Crippen molar-refractivity contribution in [3.05, 3.63) is 30.0 Å². The van der Waals surface area contributed by atoms with E-state index in [0.29, 0.717) is 5.56 Å². The number of hydrogen-bond acceptors (Lipinski definition) is 3. The van der Waals surface area contributed by atoms with Crippen molar-refractivity contribution < 1.29 is 14.7 Å². The van der Waals surface area contributed by atoms with E-state index in [1.807, 2.05) is 0 Å². The van der Waals surface area contributed by atoms with Gasteiger partial charge in [-0.2, -0.15) is 5.10 Å². The molecule has 0 spiro atoms. The second kappa shape index (κ2) is 5.23. The molecule has 0 aliphatic carbocycles. The second-order valence-electron chi connectivity index (χ2n) is 3.94. The lowest BCUT2D eigenvalue weighted by Gasteiger charge is -2.11. The zero-order valence-electron chi connectivity index (χ0n) is 9.88. The number of carboxylic acid groups (broad SMARTS) is 1. The normalized spacial score (nSPS) is 11.7. The van der Waals surface area contributed by atoms with Crippen LogP contribution >= 0.6 is 0 Å². The Morgan fingerprint density at radius 1 is 1.53 bits per heavy atom. The third-order valence-corrected chi connectivity index (χ3v) is 2.63. The van der Waals surface area contributed by atoms with Gasteiger partial charge in [-0.05, 0) is 18.2 Å². The van der Waals surface area contributed by atoms with Gasteiger partial charge in [-0.1, -0.05) is 0 Å². The van der Waals surface area contributed by atoms with Crippen molar-refractivity contribution in [2.45, 2.75) is 12.5 Å². The van der Waals surface area contributed by atoms with Crippen molar-refractivity contribution in [3.63, 3.8) is 0 Å². The number of benzene rings is 1. The first-order valence-corrected chi connectivity index (χ1v) is 5.52. The van der Waals surface area contributed by atoms with Gasteiger partial charge in [0, 0.05) is 17.4 Å². The fourth-order valence-corrected chi connectivity index (χ4v) is 1.64. The van der Waals surface area contributed by atoms with E-state index in [0.717, 1.165) is 10.9 Å². The summed E-state index contributed by atoms with van der Waals surface area (Å²) in [6.45, 7) is 0. The molecule has 1 atom stereocenters. The van der Waals surface area contributed by atoms with Crippen LogP contribution < -0.4 is 5.32 Å². The molecule has 1 unspecified atom stereocenters. The maximum atomic E-state index is 11.9. The van der Waals surface area contributed by atoms with E-state index in [1.165, 1.54) is 0 Å². The summed E-state index contributed by atoms with van der Waals surface area (Å²) in [5.74, 6) is 0.583. The topological polar surface area (TPSA) is 95.1 Å². The van der Waals surface area contributed by atoms with Gasteiger partial charge in [-0.3, -0.25) is 9.89 Å². The molecule has 2 rings (SSSR count). The molecule has 0 fully saturated rings. The molecule has 1 heterocycles. The number of carbonyl (C=O) groups is 2. The number of aromatic amines is 1. The van der Waals surface area contributed by atoms with Gasteiger partial charge >= 0.3 is 5.97 Å². The standard InChI is InChI=1S/C13H11N3O3/c1-2-3-11(13(18)19)15-12(17)8-4-5-10-9(6-8)7-14-16-10/h1,4-7,11H,3H2,(H,14,16)(H,15,17)(H,18,19). The molecule has 0 bridgehead atoms. The van der Waals surface area contributed by atoms with E-state index >= 15 is 0 Å². The van der Waals surface area contributed by atoms with Crippen LogP contribution in [-0.4, -0.2) is 33.2 Å². The summed E-state index contributed by atoms with van der Waals surface area (Å²) in [6.07, 6.45) is 6.59. The summed E-state index contributed by atoms with van der Waals surface area (Å²) < 4.78 is 0. The largest absolute Gasteiger partial charge is 0.480 e. The number of rotatable bonds is 4. The summed E-state index contributed by atoms with van der Waals surface area (Å²) in [7, 11) is 0. The summed E-state index contributed by atoms with van der Waals surface area (Å²) >= 11 is 0. The number of terminal acetylenes is 1. The number of amides is 1. The molecular formula is C13H11N3O3. The highest BCUT2D eigenvalue weighted by atomic mass is 16.4. The Hall–Kier alpha value is -2.81. The van der Waals surface area contributed by atoms with E-state index in [9.17, 15) is 9.59 Å². The molecule has 1 amide bonds. The number of carboxylic acids is 1. The van der Waals surface area contributed by atoms with Crippen LogP contribution in [0.2, 0.25) is 0 Å². The fraction of sp³-hybridized carbons (Fsp3) is 0.154. The third-order valence-electron chi connectivity index (χ3n) is 2.63. The number of nitrogens with one attached hydrogen (secondary N) is 2. The van der Waals surface area contributed by atoms with Crippen LogP contribution in [0.5, 0.6) is 0 Å². The van der Waals surface area contributed by atoms with Gasteiger partial charge in [-0.15, -0.1) is 12.3 Å². The Morgan fingerprint density at radius 3 is 3.00 bits per heavy atom. The maximum Gasteiger partial charge on any atom is 0.327 e. The lowest BCUT2D eigenvalue weighted by molar-refractivity contribution is -0.139. The number of aromatic nitrogens is 2. The number of hydrogen-bond donors (Lipinski definition) is 3. The molecule has 0 saturated carbocycles. The fourth-order valence-electron chi connectivity index (χ4n) is 1.64. The zero-order valence-corrected chi connectivity index (χ0v) is 9.88. The van der Waals surface area contributed by atoms with Crippen LogP contribution in [0.1, 0.15) is 16.8 Å². The van der Waals surface area contributed by atoms with Gasteiger partial charge < -0.3 is 10.4 Å². The van der Waals surface area contributed by atoms with Crippen molar-refractivity contribution in [3.8, 4) is 12.3 Å². The molecule has 0 aliphatic heterocycles. The lowest BCUT2D eigenvalue weighted by atomic mass is 10.1. The summed E-state index contributed by atoms with van der Waals surface area (Å²) in [6, 6.07) is 3.83. The molecule has 6 heteroatoms. The first-order chi connectivity index (χ1) is 9.11. The third kappa shape index (κ3) is 2.72. The Morgan fingerprint density at radius 2 is 2.32 bits per heavy atom. The van der Waals surface area contributed by atoms with Crippen LogP contribution in [0, 0.1) is 12.3 Å². The minimum atomic E-state index is -1.16. The molecule has 0 radical (unpaired) electrons. The monoisotopic (exact) mass is 257 g/mol. The predicted molar refractivity (Wildman–Crippen MR) is 68.4 cm³/mol. The number of carbonyl (C=O) groups excluding carboxylic acids is 1. The zero-order chi connectivity index (χ0) is 13.8. The Labute approximate surface area is 108 Å². The van der Waals surface area contributed by atoms with Crippen molar-refractivity contribution in [2.75, 3.05) is 0 Å². The number of fused-ring (bicyclic) bond motifs is 1. The van der Waals surface area contributed by atoms with Crippen molar-refractivity contribution in [1.82, 2.24) is 15.5 Å². The van der Waals surface area contributed by atoms with Gasteiger partial charge in [0.2, 0.25) is 0 Å². The average Bonchev–Trinajstić information content (AvgIpc) is 2.85. The smallest absolute Gasteiger partial charge is 0.327 e. The molecule has 19 heavy (non-hydrogen) atoms. The molecule has 96 valence electrons. The lowest BCUT2D eigenvalue weighted by Crippen LogP contribution is -2.40. The highest BCUT2D eigenvalue weighted by molar-refractivity contribution is 5.99. The van der Waals surface area contributed by atoms with Gasteiger partial charge in [0.05, 0.1) is 11.7 Å². The van der Waals surface area contributed by atoms with Crippen LogP contribution in [0.15, 0.2) is 24.4 Å². The Kier molecular flexibility index (Phi) is 3.48. The minimum absolute atomic E-state index is 0.0605. The van der Waals surface area contributed by atoms with Crippen LogP contribution in [0.4, 0.5) is 0 Å². The van der Waals surface area contributed by atoms with Crippen molar-refractivity contribution in [1.29, 1.82) is 0 Å². The van der Waals surface area contributed by atoms with E-state index in [-0.39, 0.29) is 6.42 Å². The summed E-state index contributed by atoms with van der Waals surface area (Å²) in [5, 5.41) is 18.7. The molecule has 1 aromatic carbocycles. The molecule has 0 aliphatic rings.